The number of hydrogen-bond acceptors (Lipinski definition) is 3. The van der Waals surface area contributed by atoms with Crippen molar-refractivity contribution in [3.63, 3.8) is 0 Å². The SMILES string of the molecule is O=C1CC(S(=O)(=O)Cl)CN1C1CC1c1ccccc1. The van der Waals surface area contributed by atoms with Crippen LogP contribution in [-0.2, 0) is 13.8 Å². The molecule has 0 spiro atoms. The van der Waals surface area contributed by atoms with Gasteiger partial charge in [0.05, 0.1) is 0 Å². The second-order valence-corrected chi connectivity index (χ2v) is 8.08. The normalized spacial score (nSPS) is 30.7. The molecule has 2 fully saturated rings. The number of hydrogen-bond donors (Lipinski definition) is 0. The largest absolute Gasteiger partial charge is 0.338 e. The summed E-state index contributed by atoms with van der Waals surface area (Å²) in [6, 6.07) is 10.1. The molecule has 1 amide bonds. The summed E-state index contributed by atoms with van der Waals surface area (Å²) >= 11 is 0. The van der Waals surface area contributed by atoms with Gasteiger partial charge in [0.15, 0.2) is 0 Å². The average molecular weight is 300 g/mol. The predicted octanol–water partition coefficient (Wildman–Crippen LogP) is 1.71. The molecule has 0 bridgehead atoms. The molecule has 2 aliphatic rings. The van der Waals surface area contributed by atoms with Crippen LogP contribution >= 0.6 is 10.7 Å². The fourth-order valence-corrected chi connectivity index (χ4v) is 3.83. The van der Waals surface area contributed by atoms with Crippen LogP contribution < -0.4 is 0 Å². The second kappa shape index (κ2) is 4.49. The summed E-state index contributed by atoms with van der Waals surface area (Å²) in [5.74, 6) is 0.236. The first-order valence-corrected chi connectivity index (χ1v) is 8.62. The van der Waals surface area contributed by atoms with E-state index in [0.29, 0.717) is 5.92 Å². The van der Waals surface area contributed by atoms with Crippen molar-refractivity contribution in [1.29, 1.82) is 0 Å². The van der Waals surface area contributed by atoms with Crippen LogP contribution in [0.15, 0.2) is 30.3 Å². The van der Waals surface area contributed by atoms with Crippen LogP contribution in [-0.4, -0.2) is 37.1 Å². The van der Waals surface area contributed by atoms with Crippen LogP contribution in [0.3, 0.4) is 0 Å². The summed E-state index contributed by atoms with van der Waals surface area (Å²) in [6.45, 7) is 0.235. The Labute approximate surface area is 116 Å². The van der Waals surface area contributed by atoms with E-state index in [9.17, 15) is 13.2 Å². The highest BCUT2D eigenvalue weighted by Crippen LogP contribution is 2.46. The van der Waals surface area contributed by atoms with Crippen molar-refractivity contribution >= 4 is 25.6 Å². The molecule has 102 valence electrons. The lowest BCUT2D eigenvalue weighted by Crippen LogP contribution is -2.30. The molecule has 0 N–H and O–H groups in total. The number of nitrogens with zero attached hydrogens (tertiary/aromatic N) is 1. The summed E-state index contributed by atoms with van der Waals surface area (Å²) in [4.78, 5) is 13.6. The van der Waals surface area contributed by atoms with E-state index in [2.05, 4.69) is 0 Å². The Kier molecular flexibility index (Phi) is 3.06. The van der Waals surface area contributed by atoms with E-state index < -0.39 is 14.3 Å². The van der Waals surface area contributed by atoms with Crippen molar-refractivity contribution < 1.29 is 13.2 Å². The Morgan fingerprint density at radius 2 is 1.89 bits per heavy atom. The topological polar surface area (TPSA) is 54.5 Å². The van der Waals surface area contributed by atoms with Crippen LogP contribution in [0.25, 0.3) is 0 Å². The molecule has 0 aromatic heterocycles. The summed E-state index contributed by atoms with van der Waals surface area (Å²) in [7, 11) is 1.70. The van der Waals surface area contributed by atoms with Crippen molar-refractivity contribution in [2.75, 3.05) is 6.54 Å². The monoisotopic (exact) mass is 299 g/mol. The van der Waals surface area contributed by atoms with Gasteiger partial charge in [-0.15, -0.1) is 0 Å². The van der Waals surface area contributed by atoms with Crippen LogP contribution in [0.2, 0.25) is 0 Å². The lowest BCUT2D eigenvalue weighted by atomic mass is 10.1. The summed E-state index contributed by atoms with van der Waals surface area (Å²) in [5.41, 5.74) is 1.21. The second-order valence-electron chi connectivity index (χ2n) is 5.17. The Balaban J connectivity index is 1.71. The number of carbonyl (C=O) groups excluding carboxylic acids is 1. The molecule has 0 radical (unpaired) electrons. The molecule has 1 saturated carbocycles. The zero-order valence-corrected chi connectivity index (χ0v) is 11.8. The Bertz CT molecular complexity index is 602. The van der Waals surface area contributed by atoms with Crippen molar-refractivity contribution in [3.05, 3.63) is 35.9 Å². The average Bonchev–Trinajstić information content (AvgIpc) is 3.05. The molecule has 4 nitrogen and oxygen atoms in total. The van der Waals surface area contributed by atoms with Gasteiger partial charge in [0.25, 0.3) is 0 Å². The smallest absolute Gasteiger partial charge is 0.237 e. The van der Waals surface area contributed by atoms with E-state index in [-0.39, 0.29) is 24.9 Å². The molecule has 1 aromatic carbocycles. The zero-order valence-electron chi connectivity index (χ0n) is 10.2. The summed E-state index contributed by atoms with van der Waals surface area (Å²) < 4.78 is 22.6. The number of likely N-dealkylation sites (tertiary alicyclic amines) is 1. The van der Waals surface area contributed by atoms with Crippen molar-refractivity contribution in [3.8, 4) is 0 Å². The molecule has 3 atom stereocenters. The predicted molar refractivity (Wildman–Crippen MR) is 72.5 cm³/mol. The van der Waals surface area contributed by atoms with Gasteiger partial charge in [0.1, 0.15) is 5.25 Å². The van der Waals surface area contributed by atoms with E-state index in [0.717, 1.165) is 6.42 Å². The highest BCUT2D eigenvalue weighted by Gasteiger charge is 2.49. The van der Waals surface area contributed by atoms with Gasteiger partial charge in [-0.1, -0.05) is 30.3 Å². The van der Waals surface area contributed by atoms with Gasteiger partial charge in [-0.3, -0.25) is 4.79 Å². The van der Waals surface area contributed by atoms with Gasteiger partial charge in [-0.2, -0.15) is 0 Å². The maximum absolute atomic E-state index is 11.9. The first-order chi connectivity index (χ1) is 8.97. The van der Waals surface area contributed by atoms with Crippen molar-refractivity contribution in [2.45, 2.75) is 30.1 Å². The van der Waals surface area contributed by atoms with Crippen LogP contribution in [0.1, 0.15) is 24.3 Å². The molecule has 19 heavy (non-hydrogen) atoms. The summed E-state index contributed by atoms with van der Waals surface area (Å²) in [6.07, 6.45) is 0.925. The van der Waals surface area contributed by atoms with Gasteiger partial charge in [-0.25, -0.2) is 8.42 Å². The van der Waals surface area contributed by atoms with Gasteiger partial charge < -0.3 is 4.90 Å². The molecule has 3 rings (SSSR count). The number of rotatable bonds is 3. The number of halogens is 1. The highest BCUT2D eigenvalue weighted by atomic mass is 35.7. The molecular weight excluding hydrogens is 286 g/mol. The maximum Gasteiger partial charge on any atom is 0.237 e. The fourth-order valence-electron chi connectivity index (χ4n) is 2.79. The zero-order chi connectivity index (χ0) is 13.6. The molecule has 1 aliphatic carbocycles. The number of amides is 1. The first-order valence-electron chi connectivity index (χ1n) is 6.24. The van der Waals surface area contributed by atoms with E-state index >= 15 is 0 Å². The Morgan fingerprint density at radius 1 is 1.21 bits per heavy atom. The molecule has 3 unspecified atom stereocenters. The third kappa shape index (κ3) is 2.49. The number of benzene rings is 1. The Hall–Kier alpha value is -1.07. The first kappa shape index (κ1) is 12.9. The van der Waals surface area contributed by atoms with E-state index in [1.165, 1.54) is 5.56 Å². The van der Waals surface area contributed by atoms with Gasteiger partial charge in [0, 0.05) is 35.6 Å². The lowest BCUT2D eigenvalue weighted by molar-refractivity contribution is -0.128. The van der Waals surface area contributed by atoms with Gasteiger partial charge >= 0.3 is 0 Å². The highest BCUT2D eigenvalue weighted by molar-refractivity contribution is 8.14. The van der Waals surface area contributed by atoms with E-state index in [1.54, 1.807) is 4.90 Å². The van der Waals surface area contributed by atoms with Crippen molar-refractivity contribution in [2.24, 2.45) is 0 Å². The lowest BCUT2D eigenvalue weighted by Gasteiger charge is -2.16. The van der Waals surface area contributed by atoms with Gasteiger partial charge in [0.2, 0.25) is 15.0 Å². The minimum atomic E-state index is -3.65. The minimum absolute atomic E-state index is 0.0177. The molecule has 1 heterocycles. The maximum atomic E-state index is 11.9. The number of carbonyl (C=O) groups is 1. The van der Waals surface area contributed by atoms with Crippen LogP contribution in [0, 0.1) is 0 Å². The third-order valence-electron chi connectivity index (χ3n) is 3.91. The Morgan fingerprint density at radius 3 is 2.47 bits per heavy atom. The molecule has 6 heteroatoms. The van der Waals surface area contributed by atoms with Crippen LogP contribution in [0.5, 0.6) is 0 Å². The molecular formula is C13H14ClNO3S. The van der Waals surface area contributed by atoms with E-state index in [1.807, 2.05) is 30.3 Å². The quantitative estimate of drug-likeness (QED) is 0.799. The van der Waals surface area contributed by atoms with Crippen molar-refractivity contribution in [1.82, 2.24) is 4.90 Å². The summed E-state index contributed by atoms with van der Waals surface area (Å²) in [5, 5.41) is -0.751. The molecule has 1 aromatic rings. The molecule has 1 saturated heterocycles. The van der Waals surface area contributed by atoms with Crippen LogP contribution in [0.4, 0.5) is 0 Å². The van der Waals surface area contributed by atoms with E-state index in [4.69, 9.17) is 10.7 Å². The van der Waals surface area contributed by atoms with Gasteiger partial charge in [-0.05, 0) is 12.0 Å². The third-order valence-corrected chi connectivity index (χ3v) is 5.77. The standard InChI is InChI=1S/C13H14ClNO3S/c14-19(17,18)10-6-13(16)15(8-10)12-7-11(12)9-4-2-1-3-5-9/h1-5,10-12H,6-8H2. The fraction of sp³-hybridized carbons (Fsp3) is 0.462. The molecule has 1 aliphatic heterocycles. The minimum Gasteiger partial charge on any atom is -0.338 e.